The van der Waals surface area contributed by atoms with Crippen LogP contribution >= 0.6 is 0 Å². The van der Waals surface area contributed by atoms with Gasteiger partial charge in [-0.3, -0.25) is 53.4 Å². The van der Waals surface area contributed by atoms with Crippen molar-refractivity contribution in [1.82, 2.24) is 62.7 Å². The summed E-state index contributed by atoms with van der Waals surface area (Å²) in [6.45, 7) is 3.13. The molecule has 31 heteroatoms. The van der Waals surface area contributed by atoms with Crippen LogP contribution in [0, 0.1) is 5.41 Å². The molecule has 0 spiro atoms. The van der Waals surface area contributed by atoms with E-state index in [2.05, 4.69) is 57.8 Å². The average molecular weight is 1200 g/mol. The highest BCUT2D eigenvalue weighted by Gasteiger charge is 2.39. The molecule has 0 saturated carbocycles. The molecule has 2 rings (SSSR count). The molecule has 8 atom stereocenters. The van der Waals surface area contributed by atoms with Crippen LogP contribution < -0.4 is 93.7 Å². The molecule has 1 saturated heterocycles. The van der Waals surface area contributed by atoms with Crippen LogP contribution in [-0.4, -0.2) is 194 Å². The van der Waals surface area contributed by atoms with Gasteiger partial charge < -0.3 is 104 Å². The number of nitrogens with zero attached hydrogens (tertiary/aromatic N) is 2. The number of guanidine groups is 1. The molecule has 1 aromatic rings. The number of imidazole rings is 1. The summed E-state index contributed by atoms with van der Waals surface area (Å²) in [5, 5.41) is 31.6. The molecule has 0 aromatic carbocycles. The van der Waals surface area contributed by atoms with Crippen LogP contribution in [0.15, 0.2) is 24.2 Å². The lowest BCUT2D eigenvalue weighted by Gasteiger charge is -2.30. The molecule has 85 heavy (non-hydrogen) atoms. The summed E-state index contributed by atoms with van der Waals surface area (Å²) in [7, 11) is 0. The Balaban J connectivity index is 2.29. The summed E-state index contributed by atoms with van der Waals surface area (Å²) < 4.78 is 0. The zero-order valence-corrected chi connectivity index (χ0v) is 49.5. The largest absolute Gasteiger partial charge is 0.370 e. The third kappa shape index (κ3) is 29.0. The van der Waals surface area contributed by atoms with Crippen molar-refractivity contribution < 1.29 is 47.9 Å². The number of hydrogen-bond acceptors (Lipinski definition) is 19. The van der Waals surface area contributed by atoms with Crippen LogP contribution in [0.5, 0.6) is 0 Å². The van der Waals surface area contributed by atoms with E-state index < -0.39 is 108 Å². The fourth-order valence-corrected chi connectivity index (χ4v) is 9.19. The molecule has 1 aromatic heterocycles. The second kappa shape index (κ2) is 42.6. The first-order valence-corrected chi connectivity index (χ1v) is 29.7. The highest BCUT2D eigenvalue weighted by atomic mass is 16.2. The second-order valence-electron chi connectivity index (χ2n) is 21.0. The number of rotatable bonds is 45. The number of amides is 9. The first-order chi connectivity index (χ1) is 40.7. The molecule has 480 valence electrons. The molecule has 0 bridgehead atoms. The van der Waals surface area contributed by atoms with Crippen molar-refractivity contribution in [1.29, 1.82) is 5.41 Å². The van der Waals surface area contributed by atoms with E-state index in [1.807, 2.05) is 0 Å². The van der Waals surface area contributed by atoms with Gasteiger partial charge in [0, 0.05) is 49.9 Å². The smallest absolute Gasteiger partial charge is 0.247 e. The van der Waals surface area contributed by atoms with Crippen molar-refractivity contribution in [3.8, 4) is 0 Å². The van der Waals surface area contributed by atoms with Gasteiger partial charge >= 0.3 is 0 Å². The molecule has 0 radical (unpaired) electrons. The monoisotopic (exact) mass is 1200 g/mol. The molecule has 31 nitrogen and oxygen atoms in total. The van der Waals surface area contributed by atoms with E-state index in [1.165, 1.54) is 24.3 Å². The van der Waals surface area contributed by atoms with Gasteiger partial charge in [-0.1, -0.05) is 6.08 Å². The fraction of sp³-hybridized carbons (Fsp3) is 0.704. The minimum Gasteiger partial charge on any atom is -0.370 e. The SMILES string of the molecule is C[C@H](NC(=O)[C@H](CCN)NC(=O)[C@@H](N)CCCN)C(=O)NCC(=O)N[C@H](CCCN)C(=O)N1CCC[C@H]1C(=O)N[C@@H](Cc1cnc[nH]1)C(=O)N[C@@H](CCCCN)C(=O)CC/C(=C\CCNC(=N)N)C(=O)N[C@@H](CCCCN)C(=O)NCCCCN. The zero-order valence-electron chi connectivity index (χ0n) is 49.5. The van der Waals surface area contributed by atoms with Gasteiger partial charge in [0.25, 0.3) is 0 Å². The van der Waals surface area contributed by atoms with Gasteiger partial charge in [-0.05, 0) is 155 Å². The van der Waals surface area contributed by atoms with Crippen molar-refractivity contribution in [2.75, 3.05) is 65.4 Å². The summed E-state index contributed by atoms with van der Waals surface area (Å²) in [5.41, 5.74) is 46.2. The van der Waals surface area contributed by atoms with Gasteiger partial charge in [-0.15, -0.1) is 0 Å². The highest BCUT2D eigenvalue weighted by molar-refractivity contribution is 5.99. The van der Waals surface area contributed by atoms with Gasteiger partial charge in [-0.25, -0.2) is 4.98 Å². The number of likely N-dealkylation sites (tertiary alicyclic amines) is 1. The molecule has 27 N–H and O–H groups in total. The predicted octanol–water partition coefficient (Wildman–Crippen LogP) is -5.60. The zero-order chi connectivity index (χ0) is 63.1. The standard InChI is InChI=1S/C54H99N21O10/c1-34(69-50(82)40(20-26-60)73-48(80)37(61)13-8-24-58)46(78)67-32-45(77)70-41(16-9-25-59)53(85)75-29-11-17-43(75)52(84)74-42(30-36-31-64-33-68-36)51(83)71-38(14-2-4-21-55)44(76)19-18-35(12-10-28-66-54(62)63)47(79)72-39(15-3-5-22-56)49(81)65-27-7-6-23-57/h12,31,33-34,37-43H,2-11,13-30,32,55-61H2,1H3,(H,64,68)(H,65,81)(H,67,78)(H,69,82)(H,70,77)(H,71,83)(H,72,79)(H,73,80)(H,74,84)(H4,62,63,66)/b35-12+/t34-,37-,38-,39-,40-,41+,42-,43-/m0/s1. The number of aromatic nitrogens is 2. The van der Waals surface area contributed by atoms with Gasteiger partial charge in [-0.2, -0.15) is 0 Å². The Bertz CT molecular complexity index is 2290. The molecular weight excluding hydrogens is 1100 g/mol. The van der Waals surface area contributed by atoms with Gasteiger partial charge in [0.2, 0.25) is 53.2 Å². The Kier molecular flexibility index (Phi) is 37.1. The quantitative estimate of drug-likeness (QED) is 0.0125. The topological polar surface area (TPSA) is 543 Å². The maximum absolute atomic E-state index is 14.4. The number of unbranched alkanes of at least 4 members (excludes halogenated alkanes) is 3. The third-order valence-electron chi connectivity index (χ3n) is 14.0. The Hall–Kier alpha value is -7.16. The highest BCUT2D eigenvalue weighted by Crippen LogP contribution is 2.21. The van der Waals surface area contributed by atoms with Crippen molar-refractivity contribution in [3.05, 3.63) is 29.9 Å². The lowest BCUT2D eigenvalue weighted by molar-refractivity contribution is -0.142. The number of Topliss-reactive ketones (excluding diaryl/α,β-unsaturated/α-hetero) is 1. The van der Waals surface area contributed by atoms with E-state index >= 15 is 0 Å². The predicted molar refractivity (Wildman–Crippen MR) is 319 cm³/mol. The van der Waals surface area contributed by atoms with E-state index in [0.717, 1.165) is 0 Å². The summed E-state index contributed by atoms with van der Waals surface area (Å²) >= 11 is 0. The first kappa shape index (κ1) is 73.9. The minimum atomic E-state index is -1.30. The van der Waals surface area contributed by atoms with Gasteiger partial charge in [0.1, 0.15) is 36.3 Å². The van der Waals surface area contributed by atoms with Crippen molar-refractivity contribution in [2.45, 2.75) is 177 Å². The lowest BCUT2D eigenvalue weighted by Crippen LogP contribution is -2.58. The van der Waals surface area contributed by atoms with E-state index in [4.69, 9.17) is 51.3 Å². The Labute approximate surface area is 498 Å². The van der Waals surface area contributed by atoms with E-state index in [1.54, 1.807) is 6.08 Å². The van der Waals surface area contributed by atoms with Crippen molar-refractivity contribution in [3.63, 3.8) is 0 Å². The fourth-order valence-electron chi connectivity index (χ4n) is 9.19. The first-order valence-electron chi connectivity index (χ1n) is 29.7. The number of H-pyrrole nitrogens is 1. The van der Waals surface area contributed by atoms with Crippen molar-refractivity contribution in [2.24, 2.45) is 45.9 Å². The number of aromatic amines is 1. The molecular formula is C54H99N21O10. The molecule has 1 aliphatic heterocycles. The van der Waals surface area contributed by atoms with E-state index in [-0.39, 0.29) is 95.0 Å². The van der Waals surface area contributed by atoms with Crippen molar-refractivity contribution >= 4 is 64.9 Å². The maximum atomic E-state index is 14.4. The summed E-state index contributed by atoms with van der Waals surface area (Å²) in [4.78, 5) is 145. The molecule has 1 aliphatic rings. The van der Waals surface area contributed by atoms with E-state index in [0.29, 0.717) is 109 Å². The molecule has 9 amide bonds. The number of nitrogens with one attached hydrogen (secondary N) is 11. The summed E-state index contributed by atoms with van der Waals surface area (Å²) in [6.07, 6.45) is 10.0. The van der Waals surface area contributed by atoms with Crippen LogP contribution in [0.25, 0.3) is 0 Å². The van der Waals surface area contributed by atoms with Crippen LogP contribution in [0.3, 0.4) is 0 Å². The normalized spacial score (nSPS) is 15.6. The number of ketones is 1. The minimum absolute atomic E-state index is 0.0337. The van der Waals surface area contributed by atoms with E-state index in [9.17, 15) is 47.9 Å². The van der Waals surface area contributed by atoms with Crippen LogP contribution in [-0.2, 0) is 54.4 Å². The lowest BCUT2D eigenvalue weighted by atomic mass is 9.97. The number of hydrogen-bond donors (Lipinski definition) is 19. The number of carbonyl (C=O) groups excluding carboxylic acids is 10. The summed E-state index contributed by atoms with van der Waals surface area (Å²) in [5.74, 6) is -6.49. The van der Waals surface area contributed by atoms with Gasteiger partial charge in [0.05, 0.1) is 25.0 Å². The molecule has 2 heterocycles. The van der Waals surface area contributed by atoms with Crippen LogP contribution in [0.4, 0.5) is 0 Å². The molecule has 0 unspecified atom stereocenters. The molecule has 1 fully saturated rings. The van der Waals surface area contributed by atoms with Crippen LogP contribution in [0.1, 0.15) is 128 Å². The van der Waals surface area contributed by atoms with Crippen LogP contribution in [0.2, 0.25) is 0 Å². The second-order valence-corrected chi connectivity index (χ2v) is 21.0. The third-order valence-corrected chi connectivity index (χ3v) is 14.0. The maximum Gasteiger partial charge on any atom is 0.247 e. The van der Waals surface area contributed by atoms with Gasteiger partial charge in [0.15, 0.2) is 11.7 Å². The number of nitrogens with two attached hydrogens (primary N) is 8. The molecule has 0 aliphatic carbocycles. The summed E-state index contributed by atoms with van der Waals surface area (Å²) in [6, 6.07) is -8.76. The average Bonchev–Trinajstić information content (AvgIpc) is 3.78. The Morgan fingerprint density at radius 3 is 1.88 bits per heavy atom. The Morgan fingerprint density at radius 2 is 1.25 bits per heavy atom. The Morgan fingerprint density at radius 1 is 0.635 bits per heavy atom. The number of carbonyl (C=O) groups is 10.